The Bertz CT molecular complexity index is 242. The average molecular weight is 310 g/mol. The highest BCUT2D eigenvalue weighted by atomic mass is 16.5. The van der Waals surface area contributed by atoms with Crippen LogP contribution in [0.15, 0.2) is 50.6 Å². The van der Waals surface area contributed by atoms with Crippen molar-refractivity contribution in [1.82, 2.24) is 0 Å². The van der Waals surface area contributed by atoms with Crippen LogP contribution in [0.3, 0.4) is 0 Å². The molecule has 0 saturated carbocycles. The number of hydrogen-bond donors (Lipinski definition) is 1. The van der Waals surface area contributed by atoms with Crippen LogP contribution in [0.4, 0.5) is 0 Å². The van der Waals surface area contributed by atoms with Gasteiger partial charge in [0.1, 0.15) is 0 Å². The molecule has 3 nitrogen and oxygen atoms in total. The zero-order valence-electron chi connectivity index (χ0n) is 14.2. The number of hydrogen-bond acceptors (Lipinski definition) is 3. The van der Waals surface area contributed by atoms with E-state index in [0.29, 0.717) is 12.8 Å². The fraction of sp³-hybridized carbons (Fsp3) is 0.579. The van der Waals surface area contributed by atoms with Crippen LogP contribution in [0.2, 0.25) is 0 Å². The molecule has 0 unspecified atom stereocenters. The monoisotopic (exact) mass is 310 g/mol. The van der Waals surface area contributed by atoms with E-state index in [0.717, 1.165) is 26.1 Å². The van der Waals surface area contributed by atoms with Gasteiger partial charge in [-0.25, -0.2) is 0 Å². The predicted molar refractivity (Wildman–Crippen MR) is 96.1 cm³/mol. The molecule has 0 spiro atoms. The van der Waals surface area contributed by atoms with Gasteiger partial charge in [0.05, 0.1) is 12.2 Å². The van der Waals surface area contributed by atoms with E-state index in [-0.39, 0.29) is 12.2 Å². The summed E-state index contributed by atoms with van der Waals surface area (Å²) in [6.45, 7) is 16.2. The van der Waals surface area contributed by atoms with E-state index in [1.807, 2.05) is 12.2 Å². The second kappa shape index (κ2) is 19.8. The normalized spacial score (nSPS) is 12.7. The van der Waals surface area contributed by atoms with Crippen LogP contribution in [0.5, 0.6) is 0 Å². The maximum absolute atomic E-state index is 8.91. The SMILES string of the molecule is C1CCOC1.C=CCC(CC=C)OC.C=CCC(O)CC=C. The summed E-state index contributed by atoms with van der Waals surface area (Å²) >= 11 is 0. The van der Waals surface area contributed by atoms with Crippen LogP contribution in [0.25, 0.3) is 0 Å². The van der Waals surface area contributed by atoms with Gasteiger partial charge in [-0.15, -0.1) is 26.3 Å². The Kier molecular flexibility index (Phi) is 20.8. The molecule has 1 aliphatic rings. The van der Waals surface area contributed by atoms with Crippen molar-refractivity contribution in [3.8, 4) is 0 Å². The molecule has 128 valence electrons. The summed E-state index contributed by atoms with van der Waals surface area (Å²) in [5.74, 6) is 0. The maximum Gasteiger partial charge on any atom is 0.0639 e. The predicted octanol–water partition coefficient (Wildman–Crippen LogP) is 4.45. The van der Waals surface area contributed by atoms with Crippen LogP contribution < -0.4 is 0 Å². The van der Waals surface area contributed by atoms with E-state index in [1.165, 1.54) is 12.8 Å². The van der Waals surface area contributed by atoms with E-state index < -0.39 is 0 Å². The lowest BCUT2D eigenvalue weighted by molar-refractivity contribution is 0.108. The Morgan fingerprint density at radius 3 is 1.55 bits per heavy atom. The molecule has 0 amide bonds. The molecular formula is C19H34O3. The van der Waals surface area contributed by atoms with Gasteiger partial charge in [-0.2, -0.15) is 0 Å². The molecule has 1 rings (SSSR count). The molecule has 1 fully saturated rings. The standard InChI is InChI=1S/C8H14O.C7H12O.C4H8O/c1-4-6-8(9-3)7-5-2;1-3-5-7(8)6-4-2;1-2-4-5-3-1/h4-5,8H,1-2,6-7H2,3H3;3-4,7-8H,1-2,5-6H2;1-4H2. The molecule has 0 aromatic heterocycles. The molecule has 0 aromatic rings. The molecule has 0 atom stereocenters. The second-order valence-corrected chi connectivity index (χ2v) is 4.93. The summed E-state index contributed by atoms with van der Waals surface area (Å²) in [7, 11) is 1.71. The van der Waals surface area contributed by atoms with Crippen LogP contribution in [0.1, 0.15) is 38.5 Å². The Balaban J connectivity index is 0. The third-order valence-electron chi connectivity index (χ3n) is 2.90. The van der Waals surface area contributed by atoms with Crippen LogP contribution >= 0.6 is 0 Å². The minimum atomic E-state index is -0.273. The van der Waals surface area contributed by atoms with Crippen molar-refractivity contribution in [3.05, 3.63) is 50.6 Å². The van der Waals surface area contributed by atoms with Gasteiger partial charge in [-0.05, 0) is 38.5 Å². The van der Waals surface area contributed by atoms with E-state index in [2.05, 4.69) is 26.3 Å². The van der Waals surface area contributed by atoms with E-state index in [4.69, 9.17) is 14.6 Å². The number of ether oxygens (including phenoxy) is 2. The third kappa shape index (κ3) is 18.8. The van der Waals surface area contributed by atoms with Crippen molar-refractivity contribution in [2.75, 3.05) is 20.3 Å². The van der Waals surface area contributed by atoms with Crippen molar-refractivity contribution < 1.29 is 14.6 Å². The molecule has 1 N–H and O–H groups in total. The maximum atomic E-state index is 8.91. The number of methoxy groups -OCH3 is 1. The van der Waals surface area contributed by atoms with Gasteiger partial charge < -0.3 is 14.6 Å². The van der Waals surface area contributed by atoms with Gasteiger partial charge >= 0.3 is 0 Å². The minimum Gasteiger partial charge on any atom is -0.392 e. The first-order chi connectivity index (χ1) is 10.7. The third-order valence-corrected chi connectivity index (χ3v) is 2.90. The summed E-state index contributed by atoms with van der Waals surface area (Å²) < 4.78 is 10.0. The van der Waals surface area contributed by atoms with E-state index >= 15 is 0 Å². The van der Waals surface area contributed by atoms with Crippen LogP contribution in [0, 0.1) is 0 Å². The summed E-state index contributed by atoms with van der Waals surface area (Å²) in [6, 6.07) is 0. The smallest absolute Gasteiger partial charge is 0.0639 e. The highest BCUT2D eigenvalue weighted by Gasteiger charge is 1.99. The summed E-state index contributed by atoms with van der Waals surface area (Å²) in [5.41, 5.74) is 0. The van der Waals surface area contributed by atoms with E-state index in [1.54, 1.807) is 19.3 Å². The lowest BCUT2D eigenvalue weighted by atomic mass is 10.2. The fourth-order valence-electron chi connectivity index (χ4n) is 1.65. The quantitative estimate of drug-likeness (QED) is 0.639. The molecule has 3 heteroatoms. The minimum absolute atomic E-state index is 0.273. The highest BCUT2D eigenvalue weighted by Crippen LogP contribution is 2.02. The van der Waals surface area contributed by atoms with Crippen molar-refractivity contribution in [2.45, 2.75) is 50.7 Å². The van der Waals surface area contributed by atoms with Crippen LogP contribution in [-0.2, 0) is 9.47 Å². The number of aliphatic hydroxyl groups is 1. The topological polar surface area (TPSA) is 38.7 Å². The zero-order valence-corrected chi connectivity index (χ0v) is 14.2. The van der Waals surface area contributed by atoms with Gasteiger partial charge in [0.15, 0.2) is 0 Å². The Hall–Kier alpha value is -1.16. The van der Waals surface area contributed by atoms with Crippen molar-refractivity contribution >= 4 is 0 Å². The van der Waals surface area contributed by atoms with Gasteiger partial charge in [0, 0.05) is 20.3 Å². The van der Waals surface area contributed by atoms with Crippen molar-refractivity contribution in [2.24, 2.45) is 0 Å². The first-order valence-electron chi connectivity index (χ1n) is 7.88. The molecule has 1 aliphatic heterocycles. The fourth-order valence-corrected chi connectivity index (χ4v) is 1.65. The van der Waals surface area contributed by atoms with Crippen molar-refractivity contribution in [1.29, 1.82) is 0 Å². The first kappa shape index (κ1) is 23.1. The largest absolute Gasteiger partial charge is 0.392 e. The summed E-state index contributed by atoms with van der Waals surface area (Å²) in [6.07, 6.45) is 12.8. The van der Waals surface area contributed by atoms with Crippen LogP contribution in [-0.4, -0.2) is 37.6 Å². The molecule has 0 aromatic carbocycles. The summed E-state index contributed by atoms with van der Waals surface area (Å²) in [4.78, 5) is 0. The van der Waals surface area contributed by atoms with Gasteiger partial charge in [-0.3, -0.25) is 0 Å². The van der Waals surface area contributed by atoms with Gasteiger partial charge in [0.2, 0.25) is 0 Å². The highest BCUT2D eigenvalue weighted by molar-refractivity contribution is 4.79. The van der Waals surface area contributed by atoms with Gasteiger partial charge in [0.25, 0.3) is 0 Å². The average Bonchev–Trinajstić information content (AvgIpc) is 3.08. The molecule has 0 aliphatic carbocycles. The van der Waals surface area contributed by atoms with Gasteiger partial charge in [-0.1, -0.05) is 24.3 Å². The van der Waals surface area contributed by atoms with Crippen molar-refractivity contribution in [3.63, 3.8) is 0 Å². The Labute approximate surface area is 137 Å². The molecule has 0 radical (unpaired) electrons. The second-order valence-electron chi connectivity index (χ2n) is 4.93. The first-order valence-corrected chi connectivity index (χ1v) is 7.88. The molecule has 22 heavy (non-hydrogen) atoms. The summed E-state index contributed by atoms with van der Waals surface area (Å²) in [5, 5.41) is 8.91. The molecule has 1 heterocycles. The molecular weight excluding hydrogens is 276 g/mol. The molecule has 1 saturated heterocycles. The van der Waals surface area contributed by atoms with E-state index in [9.17, 15) is 0 Å². The number of rotatable bonds is 9. The Morgan fingerprint density at radius 2 is 1.32 bits per heavy atom. The zero-order chi connectivity index (χ0) is 17.1. The lowest BCUT2D eigenvalue weighted by Crippen LogP contribution is -2.06. The molecule has 0 bridgehead atoms. The lowest BCUT2D eigenvalue weighted by Gasteiger charge is -2.08. The number of aliphatic hydroxyl groups excluding tert-OH is 1. The Morgan fingerprint density at radius 1 is 0.909 bits per heavy atom.